The van der Waals surface area contributed by atoms with Crippen molar-refractivity contribution in [1.29, 1.82) is 0 Å². The maximum absolute atomic E-state index is 10.2. The summed E-state index contributed by atoms with van der Waals surface area (Å²) in [5.74, 6) is 0. The van der Waals surface area contributed by atoms with Crippen LogP contribution in [0.4, 0.5) is 0 Å². The van der Waals surface area contributed by atoms with Crippen LogP contribution in [-0.2, 0) is 9.47 Å². The molecule has 0 radical (unpaired) electrons. The van der Waals surface area contributed by atoms with E-state index in [-0.39, 0.29) is 5.41 Å². The van der Waals surface area contributed by atoms with E-state index in [0.717, 1.165) is 0 Å². The number of ether oxygens (including phenoxy) is 2. The van der Waals surface area contributed by atoms with E-state index in [4.69, 9.17) is 9.47 Å². The van der Waals surface area contributed by atoms with E-state index in [1.807, 2.05) is 12.2 Å². The molecule has 0 bridgehead atoms. The maximum Gasteiger partial charge on any atom is 0.0859 e. The molecule has 1 aliphatic rings. The van der Waals surface area contributed by atoms with Crippen LogP contribution >= 0.6 is 0 Å². The van der Waals surface area contributed by atoms with Crippen LogP contribution in [0, 0.1) is 10.8 Å². The van der Waals surface area contributed by atoms with Gasteiger partial charge in [0.05, 0.1) is 24.7 Å². The second-order valence-electron chi connectivity index (χ2n) is 5.75. The lowest BCUT2D eigenvalue weighted by Gasteiger charge is -2.38. The highest BCUT2D eigenvalue weighted by atomic mass is 16.5. The first kappa shape index (κ1) is 14.4. The monoisotopic (exact) mass is 240 g/mol. The van der Waals surface area contributed by atoms with E-state index in [1.165, 1.54) is 5.57 Å². The van der Waals surface area contributed by atoms with Gasteiger partial charge in [0.2, 0.25) is 0 Å². The first-order valence-electron chi connectivity index (χ1n) is 5.93. The summed E-state index contributed by atoms with van der Waals surface area (Å²) in [4.78, 5) is 0. The fourth-order valence-corrected chi connectivity index (χ4v) is 2.13. The molecule has 0 fully saturated rings. The van der Waals surface area contributed by atoms with Crippen molar-refractivity contribution in [2.24, 2.45) is 10.8 Å². The number of rotatable bonds is 4. The molecule has 1 aliphatic carbocycles. The standard InChI is InChI=1S/C14H24O3/c1-13(2,3)11-6-7-12(15)14(8-11,9-16-4)10-17-5/h6-8,12,15H,9-10H2,1-5H3. The van der Waals surface area contributed by atoms with E-state index in [0.29, 0.717) is 13.2 Å². The van der Waals surface area contributed by atoms with Crippen molar-refractivity contribution in [3.05, 3.63) is 23.8 Å². The fourth-order valence-electron chi connectivity index (χ4n) is 2.13. The highest BCUT2D eigenvalue weighted by molar-refractivity contribution is 5.34. The minimum Gasteiger partial charge on any atom is -0.388 e. The fraction of sp³-hybridized carbons (Fsp3) is 0.714. The Labute approximate surface area is 104 Å². The Balaban J connectivity index is 3.09. The van der Waals surface area contributed by atoms with Crippen molar-refractivity contribution in [2.75, 3.05) is 27.4 Å². The maximum atomic E-state index is 10.2. The van der Waals surface area contributed by atoms with E-state index in [2.05, 4.69) is 26.8 Å². The van der Waals surface area contributed by atoms with Crippen molar-refractivity contribution < 1.29 is 14.6 Å². The summed E-state index contributed by atoms with van der Waals surface area (Å²) in [6, 6.07) is 0. The summed E-state index contributed by atoms with van der Waals surface area (Å²) in [6.45, 7) is 7.37. The predicted molar refractivity (Wildman–Crippen MR) is 68.9 cm³/mol. The van der Waals surface area contributed by atoms with Gasteiger partial charge >= 0.3 is 0 Å². The minimum atomic E-state index is -0.562. The zero-order valence-electron chi connectivity index (χ0n) is 11.5. The number of hydrogen-bond donors (Lipinski definition) is 1. The van der Waals surface area contributed by atoms with Crippen LogP contribution in [-0.4, -0.2) is 38.6 Å². The Morgan fingerprint density at radius 2 is 1.76 bits per heavy atom. The van der Waals surface area contributed by atoms with Gasteiger partial charge in [0.1, 0.15) is 0 Å². The van der Waals surface area contributed by atoms with E-state index >= 15 is 0 Å². The smallest absolute Gasteiger partial charge is 0.0859 e. The van der Waals surface area contributed by atoms with Gasteiger partial charge in [0.25, 0.3) is 0 Å². The van der Waals surface area contributed by atoms with Gasteiger partial charge in [-0.3, -0.25) is 0 Å². The number of methoxy groups -OCH3 is 2. The Kier molecular flexibility index (Phi) is 4.53. The van der Waals surface area contributed by atoms with Gasteiger partial charge in [-0.05, 0) is 11.0 Å². The van der Waals surface area contributed by atoms with Crippen LogP contribution < -0.4 is 0 Å². The molecule has 3 nitrogen and oxygen atoms in total. The topological polar surface area (TPSA) is 38.7 Å². The van der Waals surface area contributed by atoms with E-state index < -0.39 is 11.5 Å². The van der Waals surface area contributed by atoms with Crippen molar-refractivity contribution in [3.63, 3.8) is 0 Å². The van der Waals surface area contributed by atoms with Gasteiger partial charge in [-0.2, -0.15) is 0 Å². The third-order valence-electron chi connectivity index (χ3n) is 3.18. The Bertz CT molecular complexity index is 304. The molecule has 0 saturated carbocycles. The number of allylic oxidation sites excluding steroid dienone is 2. The molecule has 1 rings (SSSR count). The van der Waals surface area contributed by atoms with Crippen LogP contribution in [0.5, 0.6) is 0 Å². The summed E-state index contributed by atoms with van der Waals surface area (Å²) in [5.41, 5.74) is 0.793. The number of aliphatic hydroxyl groups excluding tert-OH is 1. The summed E-state index contributed by atoms with van der Waals surface area (Å²) in [6.07, 6.45) is 5.37. The van der Waals surface area contributed by atoms with Crippen molar-refractivity contribution in [3.8, 4) is 0 Å². The second-order valence-corrected chi connectivity index (χ2v) is 5.75. The molecule has 0 aromatic rings. The zero-order chi connectivity index (χ0) is 13.1. The summed E-state index contributed by atoms with van der Waals surface area (Å²) >= 11 is 0. The van der Waals surface area contributed by atoms with Gasteiger partial charge in [-0.15, -0.1) is 0 Å². The number of aliphatic hydroxyl groups is 1. The van der Waals surface area contributed by atoms with Crippen molar-refractivity contribution in [2.45, 2.75) is 26.9 Å². The molecule has 1 atom stereocenters. The molecule has 98 valence electrons. The summed E-state index contributed by atoms with van der Waals surface area (Å²) in [5, 5.41) is 10.2. The van der Waals surface area contributed by atoms with E-state index in [9.17, 15) is 5.11 Å². The van der Waals surface area contributed by atoms with Crippen LogP contribution in [0.2, 0.25) is 0 Å². The molecule has 0 spiro atoms. The molecule has 0 saturated heterocycles. The molecule has 1 unspecified atom stereocenters. The van der Waals surface area contributed by atoms with Crippen molar-refractivity contribution >= 4 is 0 Å². The molecular weight excluding hydrogens is 216 g/mol. The van der Waals surface area contributed by atoms with Crippen LogP contribution in [0.1, 0.15) is 20.8 Å². The van der Waals surface area contributed by atoms with Gasteiger partial charge in [-0.1, -0.05) is 39.0 Å². The summed E-state index contributed by atoms with van der Waals surface area (Å²) < 4.78 is 10.5. The highest BCUT2D eigenvalue weighted by Gasteiger charge is 2.38. The van der Waals surface area contributed by atoms with Gasteiger partial charge in [0, 0.05) is 14.2 Å². The van der Waals surface area contributed by atoms with Crippen LogP contribution in [0.3, 0.4) is 0 Å². The molecule has 3 heteroatoms. The zero-order valence-corrected chi connectivity index (χ0v) is 11.5. The Hall–Kier alpha value is -0.640. The molecule has 17 heavy (non-hydrogen) atoms. The van der Waals surface area contributed by atoms with Crippen LogP contribution in [0.25, 0.3) is 0 Å². The molecule has 1 N–H and O–H groups in total. The minimum absolute atomic E-state index is 0.0589. The van der Waals surface area contributed by atoms with Crippen LogP contribution in [0.15, 0.2) is 23.8 Å². The largest absolute Gasteiger partial charge is 0.388 e. The first-order valence-corrected chi connectivity index (χ1v) is 5.93. The molecule has 0 heterocycles. The second kappa shape index (κ2) is 5.34. The van der Waals surface area contributed by atoms with Gasteiger partial charge < -0.3 is 14.6 Å². The highest BCUT2D eigenvalue weighted by Crippen LogP contribution is 2.38. The molecule has 0 aliphatic heterocycles. The Morgan fingerprint density at radius 3 is 2.18 bits per heavy atom. The molecular formula is C14H24O3. The van der Waals surface area contributed by atoms with Gasteiger partial charge in [0.15, 0.2) is 0 Å². The SMILES string of the molecule is COCC1(COC)C=C(C(C)(C)C)C=CC1O. The third kappa shape index (κ3) is 3.18. The van der Waals surface area contributed by atoms with Crippen molar-refractivity contribution in [1.82, 2.24) is 0 Å². The number of hydrogen-bond acceptors (Lipinski definition) is 3. The first-order chi connectivity index (χ1) is 7.85. The Morgan fingerprint density at radius 1 is 1.24 bits per heavy atom. The lowest BCUT2D eigenvalue weighted by Crippen LogP contribution is -2.42. The quantitative estimate of drug-likeness (QED) is 0.818. The summed E-state index contributed by atoms with van der Waals surface area (Å²) in [7, 11) is 3.29. The molecule has 0 aromatic carbocycles. The molecule has 0 amide bonds. The lowest BCUT2D eigenvalue weighted by atomic mass is 9.73. The van der Waals surface area contributed by atoms with E-state index in [1.54, 1.807) is 14.2 Å². The average molecular weight is 240 g/mol. The normalized spacial score (nSPS) is 23.6. The average Bonchev–Trinajstić information content (AvgIpc) is 2.21. The third-order valence-corrected chi connectivity index (χ3v) is 3.18. The lowest BCUT2D eigenvalue weighted by molar-refractivity contribution is -0.0265. The molecule has 0 aromatic heterocycles. The predicted octanol–water partition coefficient (Wildman–Crippen LogP) is 2.17. The van der Waals surface area contributed by atoms with Gasteiger partial charge in [-0.25, -0.2) is 0 Å².